The minimum Gasteiger partial charge on any atom is -0.468 e. The lowest BCUT2D eigenvalue weighted by molar-refractivity contribution is 0.00461. The van der Waals surface area contributed by atoms with Crippen LogP contribution in [0.2, 0.25) is 0 Å². The maximum Gasteiger partial charge on any atom is 0.120 e. The van der Waals surface area contributed by atoms with E-state index in [1.807, 2.05) is 6.07 Å². The Morgan fingerprint density at radius 1 is 1.24 bits per heavy atom. The summed E-state index contributed by atoms with van der Waals surface area (Å²) in [5, 5.41) is 3.92. The minimum atomic E-state index is 0.352. The summed E-state index contributed by atoms with van der Waals surface area (Å²) in [6, 6.07) is 5.10. The van der Waals surface area contributed by atoms with Gasteiger partial charge in [0, 0.05) is 24.7 Å². The molecular formula is C18H30N2O. The van der Waals surface area contributed by atoms with Crippen molar-refractivity contribution in [3.05, 3.63) is 24.2 Å². The third-order valence-corrected chi connectivity index (χ3v) is 5.63. The predicted octanol–water partition coefficient (Wildman–Crippen LogP) is 3.97. The van der Waals surface area contributed by atoms with Crippen LogP contribution in [0.4, 0.5) is 0 Å². The maximum absolute atomic E-state index is 5.69. The first-order chi connectivity index (χ1) is 10.1. The first-order valence-electron chi connectivity index (χ1n) is 8.65. The molecule has 2 heterocycles. The number of nitrogens with one attached hydrogen (secondary N) is 1. The Morgan fingerprint density at radius 2 is 2.00 bits per heavy atom. The first-order valence-corrected chi connectivity index (χ1v) is 8.65. The van der Waals surface area contributed by atoms with Gasteiger partial charge in [0.2, 0.25) is 0 Å². The molecule has 0 amide bonds. The summed E-state index contributed by atoms with van der Waals surface area (Å²) in [6.45, 7) is 9.26. The molecule has 3 rings (SSSR count). The fourth-order valence-electron chi connectivity index (χ4n) is 4.26. The van der Waals surface area contributed by atoms with Crippen LogP contribution in [0.5, 0.6) is 0 Å². The highest BCUT2D eigenvalue weighted by atomic mass is 16.3. The molecule has 2 unspecified atom stereocenters. The van der Waals surface area contributed by atoms with Gasteiger partial charge in [0.25, 0.3) is 0 Å². The lowest BCUT2D eigenvalue weighted by Gasteiger charge is -2.52. The molecule has 3 nitrogen and oxygen atoms in total. The Bertz CT molecular complexity index is 434. The van der Waals surface area contributed by atoms with E-state index in [1.165, 1.54) is 32.1 Å². The van der Waals surface area contributed by atoms with Gasteiger partial charge in [-0.1, -0.05) is 33.1 Å². The zero-order valence-electron chi connectivity index (χ0n) is 13.8. The van der Waals surface area contributed by atoms with E-state index in [0.717, 1.165) is 18.8 Å². The quantitative estimate of drug-likeness (QED) is 0.913. The second kappa shape index (κ2) is 6.13. The molecule has 1 saturated carbocycles. The summed E-state index contributed by atoms with van der Waals surface area (Å²) in [5.41, 5.74) is 0.352. The van der Waals surface area contributed by atoms with E-state index in [1.54, 1.807) is 6.26 Å². The van der Waals surface area contributed by atoms with Crippen LogP contribution in [0.1, 0.15) is 64.7 Å². The monoisotopic (exact) mass is 290 g/mol. The maximum atomic E-state index is 5.69. The molecule has 2 fully saturated rings. The van der Waals surface area contributed by atoms with Gasteiger partial charge in [-0.15, -0.1) is 0 Å². The molecule has 118 valence electrons. The van der Waals surface area contributed by atoms with E-state index in [4.69, 9.17) is 4.42 Å². The molecule has 1 aliphatic carbocycles. The lowest BCUT2D eigenvalue weighted by Crippen LogP contribution is -2.66. The SMILES string of the molecule is CC(C)C1CNC2(CCCCC2)CN1C(C)c1ccco1. The highest BCUT2D eigenvalue weighted by Crippen LogP contribution is 2.36. The van der Waals surface area contributed by atoms with Gasteiger partial charge in [-0.2, -0.15) is 0 Å². The highest BCUT2D eigenvalue weighted by Gasteiger charge is 2.42. The van der Waals surface area contributed by atoms with Gasteiger partial charge in [-0.05, 0) is 37.8 Å². The summed E-state index contributed by atoms with van der Waals surface area (Å²) in [6.07, 6.45) is 8.63. The Balaban J connectivity index is 1.81. The number of hydrogen-bond donors (Lipinski definition) is 1. The summed E-state index contributed by atoms with van der Waals surface area (Å²) < 4.78 is 5.69. The smallest absolute Gasteiger partial charge is 0.120 e. The Hall–Kier alpha value is -0.800. The zero-order chi connectivity index (χ0) is 14.9. The molecule has 1 saturated heterocycles. The van der Waals surface area contributed by atoms with Crippen LogP contribution in [0.3, 0.4) is 0 Å². The van der Waals surface area contributed by atoms with Gasteiger partial charge >= 0.3 is 0 Å². The van der Waals surface area contributed by atoms with Gasteiger partial charge < -0.3 is 9.73 Å². The third-order valence-electron chi connectivity index (χ3n) is 5.63. The number of hydrogen-bond acceptors (Lipinski definition) is 3. The number of furan rings is 1. The van der Waals surface area contributed by atoms with Crippen LogP contribution in [0.25, 0.3) is 0 Å². The summed E-state index contributed by atoms with van der Waals surface area (Å²) in [7, 11) is 0. The molecule has 21 heavy (non-hydrogen) atoms. The van der Waals surface area contributed by atoms with Crippen molar-refractivity contribution < 1.29 is 4.42 Å². The van der Waals surface area contributed by atoms with Gasteiger partial charge in [0.1, 0.15) is 5.76 Å². The van der Waals surface area contributed by atoms with E-state index in [9.17, 15) is 0 Å². The molecule has 1 aliphatic heterocycles. The van der Waals surface area contributed by atoms with Crippen molar-refractivity contribution >= 4 is 0 Å². The zero-order valence-corrected chi connectivity index (χ0v) is 13.8. The Labute approximate surface area is 129 Å². The Morgan fingerprint density at radius 3 is 2.62 bits per heavy atom. The van der Waals surface area contributed by atoms with Crippen LogP contribution < -0.4 is 5.32 Å². The van der Waals surface area contributed by atoms with Gasteiger partial charge in [-0.3, -0.25) is 4.90 Å². The van der Waals surface area contributed by atoms with Gasteiger partial charge in [0.05, 0.1) is 12.3 Å². The summed E-state index contributed by atoms with van der Waals surface area (Å²) in [5.74, 6) is 1.77. The van der Waals surface area contributed by atoms with Crippen molar-refractivity contribution in [3.63, 3.8) is 0 Å². The van der Waals surface area contributed by atoms with Crippen molar-refractivity contribution in [2.24, 2.45) is 5.92 Å². The fourth-order valence-corrected chi connectivity index (χ4v) is 4.26. The Kier molecular flexibility index (Phi) is 4.41. The second-order valence-electron chi connectivity index (χ2n) is 7.40. The van der Waals surface area contributed by atoms with E-state index in [-0.39, 0.29) is 0 Å². The van der Waals surface area contributed by atoms with Crippen molar-refractivity contribution in [2.45, 2.75) is 70.5 Å². The van der Waals surface area contributed by atoms with E-state index in [2.05, 4.69) is 37.1 Å². The largest absolute Gasteiger partial charge is 0.468 e. The number of rotatable bonds is 3. The molecule has 1 aromatic rings. The molecular weight excluding hydrogens is 260 g/mol. The highest BCUT2D eigenvalue weighted by molar-refractivity contribution is 5.08. The van der Waals surface area contributed by atoms with Crippen molar-refractivity contribution in [2.75, 3.05) is 13.1 Å². The lowest BCUT2D eigenvalue weighted by atomic mass is 9.78. The molecule has 0 bridgehead atoms. The van der Waals surface area contributed by atoms with Crippen LogP contribution in [0, 0.1) is 5.92 Å². The molecule has 0 aromatic carbocycles. The number of piperazine rings is 1. The predicted molar refractivity (Wildman–Crippen MR) is 86.3 cm³/mol. The van der Waals surface area contributed by atoms with Gasteiger partial charge in [0.15, 0.2) is 0 Å². The molecule has 2 aliphatic rings. The molecule has 2 atom stereocenters. The van der Waals surface area contributed by atoms with Crippen LogP contribution in [-0.2, 0) is 0 Å². The van der Waals surface area contributed by atoms with Crippen LogP contribution in [0.15, 0.2) is 22.8 Å². The van der Waals surface area contributed by atoms with E-state index in [0.29, 0.717) is 23.5 Å². The molecule has 3 heteroatoms. The molecule has 1 spiro atoms. The molecule has 1 aromatic heterocycles. The van der Waals surface area contributed by atoms with Crippen molar-refractivity contribution in [1.82, 2.24) is 10.2 Å². The topological polar surface area (TPSA) is 28.4 Å². The van der Waals surface area contributed by atoms with E-state index < -0.39 is 0 Å². The van der Waals surface area contributed by atoms with Crippen LogP contribution >= 0.6 is 0 Å². The normalized spacial score (nSPS) is 28.1. The standard InChI is InChI=1S/C18H30N2O/c1-14(2)16-12-19-18(9-5-4-6-10-18)13-20(16)15(3)17-8-7-11-21-17/h7-8,11,14-16,19H,4-6,9-10,12-13H2,1-3H3. The average molecular weight is 290 g/mol. The summed E-state index contributed by atoms with van der Waals surface area (Å²) >= 11 is 0. The van der Waals surface area contributed by atoms with Crippen molar-refractivity contribution in [3.8, 4) is 0 Å². The fraction of sp³-hybridized carbons (Fsp3) is 0.778. The third kappa shape index (κ3) is 3.04. The van der Waals surface area contributed by atoms with E-state index >= 15 is 0 Å². The average Bonchev–Trinajstić information content (AvgIpc) is 3.01. The van der Waals surface area contributed by atoms with Crippen molar-refractivity contribution in [1.29, 1.82) is 0 Å². The molecule has 1 N–H and O–H groups in total. The number of nitrogens with zero attached hydrogens (tertiary/aromatic N) is 1. The first kappa shape index (κ1) is 15.1. The second-order valence-corrected chi connectivity index (χ2v) is 7.40. The van der Waals surface area contributed by atoms with Gasteiger partial charge in [-0.25, -0.2) is 0 Å². The summed E-state index contributed by atoms with van der Waals surface area (Å²) in [4.78, 5) is 2.70. The minimum absolute atomic E-state index is 0.352. The van der Waals surface area contributed by atoms with Crippen LogP contribution in [-0.4, -0.2) is 29.6 Å². The molecule has 0 radical (unpaired) electrons.